The van der Waals surface area contributed by atoms with Gasteiger partial charge < -0.3 is 10.0 Å². The molecule has 2 nitrogen and oxygen atoms in total. The summed E-state index contributed by atoms with van der Waals surface area (Å²) in [5, 5.41) is 10.5. The Morgan fingerprint density at radius 3 is 2.52 bits per heavy atom. The highest BCUT2D eigenvalue weighted by Gasteiger charge is 2.41. The van der Waals surface area contributed by atoms with Crippen LogP contribution in [0.15, 0.2) is 48.5 Å². The number of benzene rings is 2. The van der Waals surface area contributed by atoms with Crippen LogP contribution < -0.4 is 0 Å². The largest absolute Gasteiger partial charge is 0.508 e. The molecular weight excluding hydrogens is 258 g/mol. The molecule has 1 atom stereocenters. The van der Waals surface area contributed by atoms with Crippen molar-refractivity contribution in [2.45, 2.75) is 24.7 Å². The van der Waals surface area contributed by atoms with Crippen molar-refractivity contribution >= 4 is 0 Å². The molecule has 0 fully saturated rings. The summed E-state index contributed by atoms with van der Waals surface area (Å²) in [6.45, 7) is 1.02. The fourth-order valence-electron chi connectivity index (χ4n) is 3.68. The molecule has 0 saturated heterocycles. The van der Waals surface area contributed by atoms with Crippen molar-refractivity contribution in [2.24, 2.45) is 0 Å². The molecule has 0 bridgehead atoms. The van der Waals surface area contributed by atoms with Gasteiger partial charge in [0.05, 0.1) is 0 Å². The summed E-state index contributed by atoms with van der Waals surface area (Å²) in [5.41, 5.74) is 3.73. The Morgan fingerprint density at radius 2 is 1.81 bits per heavy atom. The molecule has 110 valence electrons. The quantitative estimate of drug-likeness (QED) is 0.926. The van der Waals surface area contributed by atoms with E-state index < -0.39 is 0 Å². The zero-order chi connectivity index (χ0) is 14.9. The van der Waals surface area contributed by atoms with Gasteiger partial charge in [0.1, 0.15) is 5.75 Å². The first-order chi connectivity index (χ1) is 10.1. The summed E-state index contributed by atoms with van der Waals surface area (Å²) in [5.74, 6) is 0.451. The van der Waals surface area contributed by atoms with Crippen molar-refractivity contribution in [3.63, 3.8) is 0 Å². The monoisotopic (exact) mass is 281 g/mol. The van der Waals surface area contributed by atoms with Crippen LogP contribution in [-0.4, -0.2) is 30.6 Å². The van der Waals surface area contributed by atoms with Crippen molar-refractivity contribution < 1.29 is 5.11 Å². The van der Waals surface area contributed by atoms with Gasteiger partial charge in [0.15, 0.2) is 0 Å². The second kappa shape index (κ2) is 5.53. The number of fused-ring (bicyclic) bond motifs is 1. The maximum Gasteiger partial charge on any atom is 0.119 e. The Labute approximate surface area is 127 Å². The Kier molecular flexibility index (Phi) is 3.73. The molecule has 0 radical (unpaired) electrons. The van der Waals surface area contributed by atoms with Gasteiger partial charge in [-0.15, -0.1) is 0 Å². The van der Waals surface area contributed by atoms with Crippen LogP contribution in [0.3, 0.4) is 0 Å². The lowest BCUT2D eigenvalue weighted by atomic mass is 9.72. The van der Waals surface area contributed by atoms with E-state index in [9.17, 15) is 5.11 Å². The molecule has 2 aromatic rings. The van der Waals surface area contributed by atoms with Crippen LogP contribution in [0.4, 0.5) is 0 Å². The predicted molar refractivity (Wildman–Crippen MR) is 86.8 cm³/mol. The summed E-state index contributed by atoms with van der Waals surface area (Å²) in [6, 6.07) is 16.6. The van der Waals surface area contributed by atoms with Crippen LogP contribution in [0, 0.1) is 0 Å². The first kappa shape index (κ1) is 14.2. The van der Waals surface area contributed by atoms with Gasteiger partial charge in [0, 0.05) is 11.0 Å². The van der Waals surface area contributed by atoms with E-state index in [0.29, 0.717) is 5.75 Å². The average molecular weight is 281 g/mol. The molecule has 1 unspecified atom stereocenters. The van der Waals surface area contributed by atoms with Crippen LogP contribution >= 0.6 is 0 Å². The SMILES string of the molecule is CN(C)CCC1(c2ccccc2)CCc2cccc(O)c21. The minimum Gasteiger partial charge on any atom is -0.508 e. The standard InChI is InChI=1S/C19H23NO/c1-20(2)14-13-19(16-8-4-3-5-9-16)12-11-15-7-6-10-17(21)18(15)19/h3-10,21H,11-14H2,1-2H3. The van der Waals surface area contributed by atoms with Gasteiger partial charge in [0.2, 0.25) is 0 Å². The summed E-state index contributed by atoms with van der Waals surface area (Å²) in [6.07, 6.45) is 3.17. The van der Waals surface area contributed by atoms with Gasteiger partial charge in [-0.3, -0.25) is 0 Å². The van der Waals surface area contributed by atoms with Crippen LogP contribution in [-0.2, 0) is 11.8 Å². The van der Waals surface area contributed by atoms with Crippen molar-refractivity contribution in [1.82, 2.24) is 4.90 Å². The average Bonchev–Trinajstić information content (AvgIpc) is 2.88. The topological polar surface area (TPSA) is 23.5 Å². The third kappa shape index (κ3) is 2.44. The third-order valence-electron chi connectivity index (χ3n) is 4.74. The van der Waals surface area contributed by atoms with E-state index in [1.807, 2.05) is 12.1 Å². The molecule has 0 aliphatic heterocycles. The molecule has 1 aliphatic carbocycles. The third-order valence-corrected chi connectivity index (χ3v) is 4.74. The molecule has 0 spiro atoms. The Morgan fingerprint density at radius 1 is 1.05 bits per heavy atom. The highest BCUT2D eigenvalue weighted by atomic mass is 16.3. The van der Waals surface area contributed by atoms with Gasteiger partial charge >= 0.3 is 0 Å². The zero-order valence-electron chi connectivity index (χ0n) is 12.8. The molecule has 3 rings (SSSR count). The molecule has 0 amide bonds. The first-order valence-corrected chi connectivity index (χ1v) is 7.65. The Bertz CT molecular complexity index is 621. The minimum absolute atomic E-state index is 0.0494. The molecule has 2 aromatic carbocycles. The Hall–Kier alpha value is -1.80. The van der Waals surface area contributed by atoms with Crippen LogP contribution in [0.25, 0.3) is 0 Å². The normalized spacial score (nSPS) is 20.7. The highest BCUT2D eigenvalue weighted by Crippen LogP contribution is 2.50. The van der Waals surface area contributed by atoms with Crippen LogP contribution in [0.1, 0.15) is 29.5 Å². The van der Waals surface area contributed by atoms with E-state index in [1.165, 1.54) is 11.1 Å². The fourth-order valence-corrected chi connectivity index (χ4v) is 3.68. The van der Waals surface area contributed by atoms with Crippen LogP contribution in [0.5, 0.6) is 5.75 Å². The molecule has 2 heteroatoms. The fraction of sp³-hybridized carbons (Fsp3) is 0.368. The number of hydrogen-bond donors (Lipinski definition) is 1. The molecule has 21 heavy (non-hydrogen) atoms. The number of nitrogens with zero attached hydrogens (tertiary/aromatic N) is 1. The van der Waals surface area contributed by atoms with E-state index in [4.69, 9.17) is 0 Å². The molecule has 1 N–H and O–H groups in total. The number of aryl methyl sites for hydroxylation is 1. The maximum absolute atomic E-state index is 10.5. The van der Waals surface area contributed by atoms with E-state index in [-0.39, 0.29) is 5.41 Å². The maximum atomic E-state index is 10.5. The van der Waals surface area contributed by atoms with Crippen LogP contribution in [0.2, 0.25) is 0 Å². The second-order valence-electron chi connectivity index (χ2n) is 6.31. The zero-order valence-corrected chi connectivity index (χ0v) is 12.8. The van der Waals surface area contributed by atoms with E-state index >= 15 is 0 Å². The first-order valence-electron chi connectivity index (χ1n) is 7.65. The van der Waals surface area contributed by atoms with Gasteiger partial charge in [-0.25, -0.2) is 0 Å². The lowest BCUT2D eigenvalue weighted by Gasteiger charge is -2.33. The number of aromatic hydroxyl groups is 1. The predicted octanol–water partition coefficient (Wildman–Crippen LogP) is 3.58. The van der Waals surface area contributed by atoms with E-state index in [1.54, 1.807) is 0 Å². The molecule has 0 aromatic heterocycles. The summed E-state index contributed by atoms with van der Waals surface area (Å²) in [4.78, 5) is 2.22. The summed E-state index contributed by atoms with van der Waals surface area (Å²) in [7, 11) is 4.22. The lowest BCUT2D eigenvalue weighted by molar-refractivity contribution is 0.336. The second-order valence-corrected chi connectivity index (χ2v) is 6.31. The summed E-state index contributed by atoms with van der Waals surface area (Å²) >= 11 is 0. The summed E-state index contributed by atoms with van der Waals surface area (Å²) < 4.78 is 0. The molecule has 1 aliphatic rings. The highest BCUT2D eigenvalue weighted by molar-refractivity contribution is 5.54. The number of hydrogen-bond acceptors (Lipinski definition) is 2. The van der Waals surface area contributed by atoms with Gasteiger partial charge in [-0.05, 0) is 57.1 Å². The van der Waals surface area contributed by atoms with E-state index in [0.717, 1.165) is 31.4 Å². The number of phenols is 1. The van der Waals surface area contributed by atoms with E-state index in [2.05, 4.69) is 55.4 Å². The van der Waals surface area contributed by atoms with Crippen molar-refractivity contribution in [1.29, 1.82) is 0 Å². The molecular formula is C19H23NO. The van der Waals surface area contributed by atoms with Crippen molar-refractivity contribution in [2.75, 3.05) is 20.6 Å². The lowest BCUT2D eigenvalue weighted by Crippen LogP contribution is -2.30. The van der Waals surface area contributed by atoms with Gasteiger partial charge in [-0.2, -0.15) is 0 Å². The van der Waals surface area contributed by atoms with Crippen molar-refractivity contribution in [3.05, 3.63) is 65.2 Å². The number of phenolic OH excluding ortho intramolecular Hbond substituents is 1. The molecule has 0 heterocycles. The Balaban J connectivity index is 2.12. The smallest absolute Gasteiger partial charge is 0.119 e. The van der Waals surface area contributed by atoms with Gasteiger partial charge in [-0.1, -0.05) is 42.5 Å². The number of rotatable bonds is 4. The van der Waals surface area contributed by atoms with Crippen molar-refractivity contribution in [3.8, 4) is 5.75 Å². The van der Waals surface area contributed by atoms with Gasteiger partial charge in [0.25, 0.3) is 0 Å². The molecule has 0 saturated carbocycles. The minimum atomic E-state index is -0.0494.